The van der Waals surface area contributed by atoms with Gasteiger partial charge in [0.1, 0.15) is 12.0 Å². The summed E-state index contributed by atoms with van der Waals surface area (Å²) in [6.45, 7) is 5.89. The highest BCUT2D eigenvalue weighted by molar-refractivity contribution is 14.0. The first-order valence-corrected chi connectivity index (χ1v) is 7.26. The average molecular weight is 408 g/mol. The van der Waals surface area contributed by atoms with Gasteiger partial charge in [0.2, 0.25) is 0 Å². The second kappa shape index (κ2) is 9.99. The first kappa shape index (κ1) is 18.2. The van der Waals surface area contributed by atoms with Gasteiger partial charge in [-0.3, -0.25) is 0 Å². The first-order valence-electron chi connectivity index (χ1n) is 7.26. The van der Waals surface area contributed by atoms with Crippen LogP contribution in [0, 0.1) is 5.92 Å². The number of guanidine groups is 1. The summed E-state index contributed by atoms with van der Waals surface area (Å²) < 4.78 is 10.5. The summed E-state index contributed by atoms with van der Waals surface area (Å²) in [5.41, 5.74) is 0.832. The van der Waals surface area contributed by atoms with Gasteiger partial charge in [-0.15, -0.1) is 24.0 Å². The summed E-state index contributed by atoms with van der Waals surface area (Å²) in [4.78, 5) is 6.62. The number of ether oxygens (including phenoxy) is 1. The number of likely N-dealkylation sites (N-methyl/N-ethyl adjacent to an activating group) is 1. The lowest BCUT2D eigenvalue weighted by Crippen LogP contribution is -2.40. The van der Waals surface area contributed by atoms with Gasteiger partial charge in [-0.25, -0.2) is 4.99 Å². The molecule has 1 aliphatic carbocycles. The van der Waals surface area contributed by atoms with Gasteiger partial charge in [-0.05, 0) is 25.7 Å². The maximum absolute atomic E-state index is 5.66. The number of nitrogens with one attached hydrogen (secondary N) is 1. The number of rotatable bonds is 8. The maximum Gasteiger partial charge on any atom is 0.194 e. The van der Waals surface area contributed by atoms with Crippen molar-refractivity contribution >= 4 is 29.9 Å². The fourth-order valence-electron chi connectivity index (χ4n) is 1.79. The van der Waals surface area contributed by atoms with E-state index in [1.54, 1.807) is 6.26 Å². The lowest BCUT2D eigenvalue weighted by Gasteiger charge is -2.21. The van der Waals surface area contributed by atoms with E-state index in [4.69, 9.17) is 9.26 Å². The smallest absolute Gasteiger partial charge is 0.194 e. The Labute approximate surface area is 143 Å². The molecule has 0 bridgehead atoms. The molecule has 7 heteroatoms. The van der Waals surface area contributed by atoms with Crippen LogP contribution in [0.5, 0.6) is 0 Å². The number of hydrogen-bond acceptors (Lipinski definition) is 4. The third-order valence-corrected chi connectivity index (χ3v) is 3.20. The monoisotopic (exact) mass is 408 g/mol. The summed E-state index contributed by atoms with van der Waals surface area (Å²) in [6, 6.07) is 1.83. The Morgan fingerprint density at radius 1 is 1.57 bits per heavy atom. The molecule has 1 heterocycles. The third-order valence-electron chi connectivity index (χ3n) is 3.20. The van der Waals surface area contributed by atoms with Gasteiger partial charge in [0.25, 0.3) is 0 Å². The standard InChI is InChI=1S/C14H24N4O2.HI/c1-3-15-14(16-10-13-6-8-20-17-13)18(2)7-9-19-11-12-4-5-12;/h6,8,12H,3-5,7,9-11H2,1-2H3,(H,15,16);1H. The van der Waals surface area contributed by atoms with Gasteiger partial charge in [-0.2, -0.15) is 0 Å². The highest BCUT2D eigenvalue weighted by Crippen LogP contribution is 2.28. The van der Waals surface area contributed by atoms with Crippen LogP contribution in [0.25, 0.3) is 0 Å². The Hall–Kier alpha value is -0.830. The number of aliphatic imine (C=N–C) groups is 1. The fourth-order valence-corrected chi connectivity index (χ4v) is 1.79. The van der Waals surface area contributed by atoms with E-state index in [0.29, 0.717) is 6.54 Å². The number of halogens is 1. The molecule has 0 amide bonds. The van der Waals surface area contributed by atoms with Crippen LogP contribution in [0.15, 0.2) is 21.8 Å². The molecular formula is C14H25IN4O2. The molecule has 1 aliphatic rings. The van der Waals surface area contributed by atoms with Gasteiger partial charge < -0.3 is 19.5 Å². The van der Waals surface area contributed by atoms with Crippen LogP contribution in [-0.4, -0.2) is 49.4 Å². The normalized spacial score (nSPS) is 14.7. The van der Waals surface area contributed by atoms with Crippen LogP contribution < -0.4 is 5.32 Å². The van der Waals surface area contributed by atoms with Crippen molar-refractivity contribution in [3.05, 3.63) is 18.0 Å². The summed E-state index contributed by atoms with van der Waals surface area (Å²) in [5, 5.41) is 7.13. The minimum Gasteiger partial charge on any atom is -0.379 e. The van der Waals surface area contributed by atoms with E-state index in [1.807, 2.05) is 13.1 Å². The molecule has 0 aliphatic heterocycles. The van der Waals surface area contributed by atoms with E-state index in [1.165, 1.54) is 12.8 Å². The molecular weight excluding hydrogens is 383 g/mol. The Morgan fingerprint density at radius 2 is 2.38 bits per heavy atom. The van der Waals surface area contributed by atoms with Crippen molar-refractivity contribution in [3.63, 3.8) is 0 Å². The van der Waals surface area contributed by atoms with Gasteiger partial charge in [0, 0.05) is 32.8 Å². The molecule has 120 valence electrons. The van der Waals surface area contributed by atoms with Crippen LogP contribution >= 0.6 is 24.0 Å². The van der Waals surface area contributed by atoms with Crippen molar-refractivity contribution in [1.82, 2.24) is 15.4 Å². The molecule has 21 heavy (non-hydrogen) atoms. The summed E-state index contributed by atoms with van der Waals surface area (Å²) in [5.74, 6) is 1.68. The molecule has 0 atom stereocenters. The number of hydrogen-bond donors (Lipinski definition) is 1. The molecule has 2 rings (SSSR count). The van der Waals surface area contributed by atoms with Gasteiger partial charge >= 0.3 is 0 Å². The first-order chi connectivity index (χ1) is 9.79. The minimum absolute atomic E-state index is 0. The zero-order chi connectivity index (χ0) is 14.2. The average Bonchev–Trinajstić information content (AvgIpc) is 3.13. The summed E-state index contributed by atoms with van der Waals surface area (Å²) in [6.07, 6.45) is 4.22. The highest BCUT2D eigenvalue weighted by atomic mass is 127. The summed E-state index contributed by atoms with van der Waals surface area (Å²) >= 11 is 0. The molecule has 0 spiro atoms. The zero-order valence-corrected chi connectivity index (χ0v) is 15.1. The molecule has 0 aromatic carbocycles. The molecule has 6 nitrogen and oxygen atoms in total. The predicted octanol–water partition coefficient (Wildman–Crippen LogP) is 2.12. The van der Waals surface area contributed by atoms with Crippen molar-refractivity contribution in [2.45, 2.75) is 26.3 Å². The second-order valence-corrected chi connectivity index (χ2v) is 5.10. The van der Waals surface area contributed by atoms with E-state index >= 15 is 0 Å². The largest absolute Gasteiger partial charge is 0.379 e. The maximum atomic E-state index is 5.66. The van der Waals surface area contributed by atoms with Crippen molar-refractivity contribution < 1.29 is 9.26 Å². The van der Waals surface area contributed by atoms with Gasteiger partial charge in [-0.1, -0.05) is 5.16 Å². The Morgan fingerprint density at radius 3 is 3.00 bits per heavy atom. The Balaban J connectivity index is 0.00000220. The molecule has 0 unspecified atom stereocenters. The molecule has 1 N–H and O–H groups in total. The molecule has 0 radical (unpaired) electrons. The second-order valence-electron chi connectivity index (χ2n) is 5.10. The van der Waals surface area contributed by atoms with Gasteiger partial charge in [0.05, 0.1) is 13.2 Å². The van der Waals surface area contributed by atoms with Crippen molar-refractivity contribution in [2.75, 3.05) is 33.4 Å². The number of nitrogens with zero attached hydrogens (tertiary/aromatic N) is 3. The van der Waals surface area contributed by atoms with Crippen molar-refractivity contribution in [2.24, 2.45) is 10.9 Å². The molecule has 0 saturated heterocycles. The van der Waals surface area contributed by atoms with Crippen LogP contribution in [0.4, 0.5) is 0 Å². The van der Waals surface area contributed by atoms with E-state index in [-0.39, 0.29) is 24.0 Å². The van der Waals surface area contributed by atoms with Crippen LogP contribution in [0.1, 0.15) is 25.5 Å². The van der Waals surface area contributed by atoms with E-state index in [2.05, 4.69) is 27.3 Å². The lowest BCUT2D eigenvalue weighted by atomic mass is 10.4. The van der Waals surface area contributed by atoms with Crippen LogP contribution in [0.3, 0.4) is 0 Å². The quantitative estimate of drug-likeness (QED) is 0.309. The highest BCUT2D eigenvalue weighted by Gasteiger charge is 2.21. The topological polar surface area (TPSA) is 62.9 Å². The molecule has 1 aromatic heterocycles. The third kappa shape index (κ3) is 7.12. The Kier molecular flexibility index (Phi) is 8.67. The molecule has 1 fully saturated rings. The fraction of sp³-hybridized carbons (Fsp3) is 0.714. The van der Waals surface area contributed by atoms with Crippen molar-refractivity contribution in [3.8, 4) is 0 Å². The predicted molar refractivity (Wildman–Crippen MR) is 92.9 cm³/mol. The zero-order valence-electron chi connectivity index (χ0n) is 12.7. The molecule has 1 aromatic rings. The van der Waals surface area contributed by atoms with Crippen LogP contribution in [0.2, 0.25) is 0 Å². The SMILES string of the molecule is CCNC(=NCc1ccon1)N(C)CCOCC1CC1.I. The number of aromatic nitrogens is 1. The summed E-state index contributed by atoms with van der Waals surface area (Å²) in [7, 11) is 2.02. The van der Waals surface area contributed by atoms with Gasteiger partial charge in [0.15, 0.2) is 5.96 Å². The molecule has 1 saturated carbocycles. The lowest BCUT2D eigenvalue weighted by molar-refractivity contribution is 0.115. The van der Waals surface area contributed by atoms with E-state index in [0.717, 1.165) is 43.9 Å². The Bertz CT molecular complexity index is 407. The minimum atomic E-state index is 0. The van der Waals surface area contributed by atoms with Crippen molar-refractivity contribution in [1.29, 1.82) is 0 Å². The van der Waals surface area contributed by atoms with Crippen LogP contribution in [-0.2, 0) is 11.3 Å². The van der Waals surface area contributed by atoms with E-state index < -0.39 is 0 Å². The van der Waals surface area contributed by atoms with E-state index in [9.17, 15) is 0 Å².